The van der Waals surface area contributed by atoms with Crippen molar-refractivity contribution >= 4 is 34.8 Å². The molecule has 3 rings (SSSR count). The SMILES string of the molecule is Cn1nc2cc(N3CCC(=O)NC3=O)ccc2c1C=O. The van der Waals surface area contributed by atoms with Crippen molar-refractivity contribution in [3.05, 3.63) is 23.9 Å². The highest BCUT2D eigenvalue weighted by Gasteiger charge is 2.24. The number of rotatable bonds is 2. The van der Waals surface area contributed by atoms with E-state index >= 15 is 0 Å². The van der Waals surface area contributed by atoms with Crippen LogP contribution in [0.15, 0.2) is 18.2 Å². The molecule has 1 aromatic heterocycles. The predicted octanol–water partition coefficient (Wildman–Crippen LogP) is 0.832. The number of carbonyl (C=O) groups is 3. The highest BCUT2D eigenvalue weighted by molar-refractivity contribution is 6.06. The van der Waals surface area contributed by atoms with Crippen molar-refractivity contribution in [1.29, 1.82) is 0 Å². The highest BCUT2D eigenvalue weighted by atomic mass is 16.2. The van der Waals surface area contributed by atoms with Crippen LogP contribution in [-0.2, 0) is 11.8 Å². The van der Waals surface area contributed by atoms with Crippen LogP contribution in [0.4, 0.5) is 10.5 Å². The van der Waals surface area contributed by atoms with Gasteiger partial charge in [-0.15, -0.1) is 0 Å². The lowest BCUT2D eigenvalue weighted by Crippen LogP contribution is -2.49. The molecule has 0 spiro atoms. The average molecular weight is 272 g/mol. The maximum absolute atomic E-state index is 11.8. The van der Waals surface area contributed by atoms with Gasteiger partial charge < -0.3 is 0 Å². The van der Waals surface area contributed by atoms with Crippen molar-refractivity contribution in [2.75, 3.05) is 11.4 Å². The fourth-order valence-electron chi connectivity index (χ4n) is 2.33. The molecule has 1 fully saturated rings. The second-order valence-electron chi connectivity index (χ2n) is 4.58. The molecule has 1 N–H and O–H groups in total. The topological polar surface area (TPSA) is 84.3 Å². The van der Waals surface area contributed by atoms with Crippen LogP contribution in [0.2, 0.25) is 0 Å². The molecule has 3 amide bonds. The molecule has 2 aromatic rings. The molecule has 2 heterocycles. The number of aldehydes is 1. The Bertz CT molecular complexity index is 735. The van der Waals surface area contributed by atoms with Crippen molar-refractivity contribution < 1.29 is 14.4 Å². The Morgan fingerprint density at radius 1 is 1.35 bits per heavy atom. The fraction of sp³-hybridized carbons (Fsp3) is 0.231. The first-order valence-corrected chi connectivity index (χ1v) is 6.13. The summed E-state index contributed by atoms with van der Waals surface area (Å²) in [6, 6.07) is 4.79. The first-order valence-electron chi connectivity index (χ1n) is 6.13. The van der Waals surface area contributed by atoms with Gasteiger partial charge in [0.2, 0.25) is 5.91 Å². The van der Waals surface area contributed by atoms with Crippen LogP contribution in [0, 0.1) is 0 Å². The Labute approximate surface area is 114 Å². The number of urea groups is 1. The van der Waals surface area contributed by atoms with Gasteiger partial charge in [-0.2, -0.15) is 5.10 Å². The first-order chi connectivity index (χ1) is 9.60. The van der Waals surface area contributed by atoms with Gasteiger partial charge in [0.05, 0.1) is 5.52 Å². The van der Waals surface area contributed by atoms with E-state index < -0.39 is 6.03 Å². The number of hydrogen-bond donors (Lipinski definition) is 1. The number of nitrogens with one attached hydrogen (secondary N) is 1. The van der Waals surface area contributed by atoms with Gasteiger partial charge in [-0.25, -0.2) is 4.79 Å². The molecule has 0 atom stereocenters. The van der Waals surface area contributed by atoms with Gasteiger partial charge in [-0.05, 0) is 18.2 Å². The number of imide groups is 1. The standard InChI is InChI=1S/C13H12N4O3/c1-16-11(7-18)9-3-2-8(6-10(9)15-16)17-5-4-12(19)14-13(17)20/h2-3,6-7H,4-5H2,1H3,(H,14,19,20). The van der Waals surface area contributed by atoms with Crippen molar-refractivity contribution in [3.63, 3.8) is 0 Å². The third kappa shape index (κ3) is 1.83. The maximum atomic E-state index is 11.8. The molecule has 7 nitrogen and oxygen atoms in total. The van der Waals surface area contributed by atoms with E-state index in [1.54, 1.807) is 25.2 Å². The van der Waals surface area contributed by atoms with Gasteiger partial charge in [0.25, 0.3) is 0 Å². The number of aromatic nitrogens is 2. The summed E-state index contributed by atoms with van der Waals surface area (Å²) < 4.78 is 1.50. The van der Waals surface area contributed by atoms with Gasteiger partial charge in [0.1, 0.15) is 5.69 Å². The van der Waals surface area contributed by atoms with Crippen LogP contribution < -0.4 is 10.2 Å². The number of benzene rings is 1. The molecule has 0 unspecified atom stereocenters. The molecule has 1 saturated heterocycles. The van der Waals surface area contributed by atoms with Gasteiger partial charge in [0.15, 0.2) is 6.29 Å². The molecular formula is C13H12N4O3. The molecule has 0 radical (unpaired) electrons. The quantitative estimate of drug-likeness (QED) is 0.821. The zero-order valence-electron chi connectivity index (χ0n) is 10.8. The lowest BCUT2D eigenvalue weighted by Gasteiger charge is -2.26. The number of anilines is 1. The third-order valence-electron chi connectivity index (χ3n) is 3.34. The van der Waals surface area contributed by atoms with Crippen LogP contribution >= 0.6 is 0 Å². The molecule has 20 heavy (non-hydrogen) atoms. The van der Waals surface area contributed by atoms with Crippen LogP contribution in [0.25, 0.3) is 10.9 Å². The minimum absolute atomic E-state index is 0.269. The molecule has 0 aliphatic carbocycles. The van der Waals surface area contributed by atoms with E-state index in [4.69, 9.17) is 0 Å². The van der Waals surface area contributed by atoms with Gasteiger partial charge in [0, 0.05) is 31.1 Å². The minimum Gasteiger partial charge on any atom is -0.296 e. The molecule has 7 heteroatoms. The number of aryl methyl sites for hydroxylation is 1. The van der Waals surface area contributed by atoms with Crippen molar-refractivity contribution in [1.82, 2.24) is 15.1 Å². The van der Waals surface area contributed by atoms with Crippen LogP contribution in [0.5, 0.6) is 0 Å². The molecule has 1 aromatic carbocycles. The highest BCUT2D eigenvalue weighted by Crippen LogP contribution is 2.24. The van der Waals surface area contributed by atoms with Crippen molar-refractivity contribution in [2.45, 2.75) is 6.42 Å². The number of amides is 3. The van der Waals surface area contributed by atoms with Crippen LogP contribution in [0.3, 0.4) is 0 Å². The second kappa shape index (κ2) is 4.44. The lowest BCUT2D eigenvalue weighted by atomic mass is 10.1. The Balaban J connectivity index is 2.03. The number of hydrogen-bond acceptors (Lipinski definition) is 4. The number of carbonyl (C=O) groups excluding carboxylic acids is 3. The van der Waals surface area contributed by atoms with E-state index in [1.165, 1.54) is 9.58 Å². The minimum atomic E-state index is -0.438. The predicted molar refractivity (Wildman–Crippen MR) is 71.6 cm³/mol. The van der Waals surface area contributed by atoms with E-state index in [0.717, 1.165) is 11.7 Å². The Hall–Kier alpha value is -2.70. The van der Waals surface area contributed by atoms with E-state index in [0.29, 0.717) is 23.4 Å². The number of fused-ring (bicyclic) bond motifs is 1. The van der Waals surface area contributed by atoms with Gasteiger partial charge in [-0.3, -0.25) is 24.5 Å². The zero-order chi connectivity index (χ0) is 14.3. The second-order valence-corrected chi connectivity index (χ2v) is 4.58. The fourth-order valence-corrected chi connectivity index (χ4v) is 2.33. The lowest BCUT2D eigenvalue weighted by molar-refractivity contribution is -0.120. The zero-order valence-corrected chi connectivity index (χ0v) is 10.8. The van der Waals surface area contributed by atoms with Crippen LogP contribution in [-0.4, -0.2) is 34.5 Å². The Morgan fingerprint density at radius 3 is 2.85 bits per heavy atom. The maximum Gasteiger partial charge on any atom is 0.328 e. The van der Waals surface area contributed by atoms with Crippen molar-refractivity contribution in [3.8, 4) is 0 Å². The first kappa shape index (κ1) is 12.3. The molecule has 0 bridgehead atoms. The van der Waals surface area contributed by atoms with Gasteiger partial charge in [-0.1, -0.05) is 0 Å². The summed E-state index contributed by atoms with van der Waals surface area (Å²) >= 11 is 0. The van der Waals surface area contributed by atoms with E-state index in [9.17, 15) is 14.4 Å². The monoisotopic (exact) mass is 272 g/mol. The summed E-state index contributed by atoms with van der Waals surface area (Å²) in [6.45, 7) is 0.337. The van der Waals surface area contributed by atoms with E-state index in [-0.39, 0.29) is 12.3 Å². The van der Waals surface area contributed by atoms with E-state index in [2.05, 4.69) is 10.4 Å². The molecule has 102 valence electrons. The summed E-state index contributed by atoms with van der Waals surface area (Å²) in [7, 11) is 1.69. The number of nitrogens with zero attached hydrogens (tertiary/aromatic N) is 3. The van der Waals surface area contributed by atoms with Gasteiger partial charge >= 0.3 is 6.03 Å². The van der Waals surface area contributed by atoms with Crippen molar-refractivity contribution in [2.24, 2.45) is 7.05 Å². The molecule has 1 aliphatic heterocycles. The molecule has 0 saturated carbocycles. The summed E-state index contributed by atoms with van der Waals surface area (Å²) in [6.07, 6.45) is 1.02. The summed E-state index contributed by atoms with van der Waals surface area (Å²) in [5, 5.41) is 7.25. The smallest absolute Gasteiger partial charge is 0.296 e. The normalized spacial score (nSPS) is 15.6. The third-order valence-corrected chi connectivity index (χ3v) is 3.34. The largest absolute Gasteiger partial charge is 0.328 e. The molecular weight excluding hydrogens is 260 g/mol. The average Bonchev–Trinajstić information content (AvgIpc) is 2.72. The van der Waals surface area contributed by atoms with E-state index in [1.807, 2.05) is 0 Å². The summed E-state index contributed by atoms with van der Waals surface area (Å²) in [5.74, 6) is -0.270. The van der Waals surface area contributed by atoms with Crippen LogP contribution in [0.1, 0.15) is 16.9 Å². The molecule has 1 aliphatic rings. The summed E-state index contributed by atoms with van der Waals surface area (Å²) in [5.41, 5.74) is 1.78. The summed E-state index contributed by atoms with van der Waals surface area (Å²) in [4.78, 5) is 35.4. The Morgan fingerprint density at radius 2 is 2.15 bits per heavy atom. The Kier molecular flexibility index (Phi) is 2.74.